The molecule has 1 unspecified atom stereocenters. The molecule has 1 aromatic carbocycles. The van der Waals surface area contributed by atoms with E-state index in [1.54, 1.807) is 30.4 Å². The molecule has 2 amide bonds. The molecule has 1 rings (SSSR count). The summed E-state index contributed by atoms with van der Waals surface area (Å²) in [4.78, 5) is 11.3. The zero-order valence-electron chi connectivity index (χ0n) is 10.7. The highest BCUT2D eigenvalue weighted by Crippen LogP contribution is 2.21. The van der Waals surface area contributed by atoms with Crippen molar-refractivity contribution in [1.29, 1.82) is 0 Å². The predicted octanol–water partition coefficient (Wildman–Crippen LogP) is 2.73. The first kappa shape index (κ1) is 16.2. The summed E-state index contributed by atoms with van der Waals surface area (Å²) in [5.41, 5.74) is 6.72. The Kier molecular flexibility index (Phi) is 5.32. The molecule has 0 saturated heterocycles. The molecule has 0 bridgehead atoms. The zero-order chi connectivity index (χ0) is 15.3. The second kappa shape index (κ2) is 6.56. The highest BCUT2D eigenvalue weighted by atomic mass is 19.3. The van der Waals surface area contributed by atoms with E-state index in [1.165, 1.54) is 6.07 Å². The number of alkyl halides is 4. The number of rotatable bonds is 5. The van der Waals surface area contributed by atoms with Gasteiger partial charge in [-0.2, -0.15) is 8.78 Å². The lowest BCUT2D eigenvalue weighted by atomic mass is 10.1. The SMILES string of the molecule is CC(N)c1cccc(NC(=O)NCC(F)(F)C(F)F)c1. The third-order valence-corrected chi connectivity index (χ3v) is 2.47. The Morgan fingerprint density at radius 3 is 2.60 bits per heavy atom. The van der Waals surface area contributed by atoms with E-state index in [9.17, 15) is 22.4 Å². The molecule has 0 fully saturated rings. The van der Waals surface area contributed by atoms with Crippen molar-refractivity contribution in [3.8, 4) is 0 Å². The van der Waals surface area contributed by atoms with Crippen LogP contribution in [-0.2, 0) is 0 Å². The summed E-state index contributed by atoms with van der Waals surface area (Å²) in [7, 11) is 0. The molecule has 0 aliphatic carbocycles. The third-order valence-electron chi connectivity index (χ3n) is 2.47. The van der Waals surface area contributed by atoms with Crippen LogP contribution in [0.3, 0.4) is 0 Å². The molecule has 20 heavy (non-hydrogen) atoms. The van der Waals surface area contributed by atoms with Crippen molar-refractivity contribution < 1.29 is 22.4 Å². The van der Waals surface area contributed by atoms with E-state index < -0.39 is 24.9 Å². The van der Waals surface area contributed by atoms with E-state index in [0.717, 1.165) is 5.56 Å². The lowest BCUT2D eigenvalue weighted by molar-refractivity contribution is -0.123. The van der Waals surface area contributed by atoms with Crippen LogP contribution in [0.2, 0.25) is 0 Å². The van der Waals surface area contributed by atoms with E-state index in [2.05, 4.69) is 5.32 Å². The van der Waals surface area contributed by atoms with Crippen LogP contribution in [0, 0.1) is 0 Å². The largest absolute Gasteiger partial charge is 0.332 e. The van der Waals surface area contributed by atoms with Crippen molar-refractivity contribution in [2.45, 2.75) is 25.3 Å². The summed E-state index contributed by atoms with van der Waals surface area (Å²) < 4.78 is 49.0. The topological polar surface area (TPSA) is 67.1 Å². The van der Waals surface area contributed by atoms with Gasteiger partial charge in [-0.05, 0) is 24.6 Å². The Morgan fingerprint density at radius 1 is 1.40 bits per heavy atom. The van der Waals surface area contributed by atoms with Gasteiger partial charge in [-0.3, -0.25) is 0 Å². The first-order valence-corrected chi connectivity index (χ1v) is 5.79. The molecule has 4 nitrogen and oxygen atoms in total. The van der Waals surface area contributed by atoms with Crippen LogP contribution in [0.15, 0.2) is 24.3 Å². The third kappa shape index (κ3) is 4.69. The lowest BCUT2D eigenvalue weighted by Crippen LogP contribution is -2.42. The maximum Gasteiger partial charge on any atom is 0.324 e. The summed E-state index contributed by atoms with van der Waals surface area (Å²) in [5, 5.41) is 3.96. The molecule has 0 spiro atoms. The van der Waals surface area contributed by atoms with Gasteiger partial charge in [0, 0.05) is 11.7 Å². The molecule has 0 heterocycles. The Balaban J connectivity index is 2.57. The van der Waals surface area contributed by atoms with Crippen LogP contribution < -0.4 is 16.4 Å². The van der Waals surface area contributed by atoms with Crippen molar-refractivity contribution in [2.75, 3.05) is 11.9 Å². The Labute approximate surface area is 113 Å². The number of nitrogens with two attached hydrogens (primary N) is 1. The van der Waals surface area contributed by atoms with Gasteiger partial charge in [0.15, 0.2) is 0 Å². The van der Waals surface area contributed by atoms with Gasteiger partial charge in [-0.25, -0.2) is 13.6 Å². The van der Waals surface area contributed by atoms with Crippen molar-refractivity contribution in [3.63, 3.8) is 0 Å². The van der Waals surface area contributed by atoms with Gasteiger partial charge in [0.2, 0.25) is 0 Å². The number of amides is 2. The summed E-state index contributed by atoms with van der Waals surface area (Å²) >= 11 is 0. The molecule has 112 valence electrons. The van der Waals surface area contributed by atoms with Gasteiger partial charge in [0.05, 0.1) is 6.54 Å². The summed E-state index contributed by atoms with van der Waals surface area (Å²) in [6, 6.07) is 5.20. The average molecular weight is 293 g/mol. The molecule has 4 N–H and O–H groups in total. The fourth-order valence-electron chi connectivity index (χ4n) is 1.35. The van der Waals surface area contributed by atoms with Crippen LogP contribution in [0.25, 0.3) is 0 Å². The van der Waals surface area contributed by atoms with Crippen molar-refractivity contribution in [3.05, 3.63) is 29.8 Å². The summed E-state index contributed by atoms with van der Waals surface area (Å²) in [6.45, 7) is 0.297. The number of carbonyl (C=O) groups is 1. The molecule has 1 atom stereocenters. The predicted molar refractivity (Wildman–Crippen MR) is 67.0 cm³/mol. The van der Waals surface area contributed by atoms with Crippen LogP contribution in [0.5, 0.6) is 0 Å². The zero-order valence-corrected chi connectivity index (χ0v) is 10.7. The van der Waals surface area contributed by atoms with Crippen molar-refractivity contribution in [2.24, 2.45) is 5.73 Å². The average Bonchev–Trinajstić information content (AvgIpc) is 2.36. The maximum absolute atomic E-state index is 12.6. The van der Waals surface area contributed by atoms with Gasteiger partial charge >= 0.3 is 18.4 Å². The van der Waals surface area contributed by atoms with Crippen LogP contribution in [-0.4, -0.2) is 24.9 Å². The van der Waals surface area contributed by atoms with Gasteiger partial charge in [-0.1, -0.05) is 12.1 Å². The minimum atomic E-state index is -4.26. The molecule has 0 saturated carbocycles. The van der Waals surface area contributed by atoms with Crippen LogP contribution in [0.4, 0.5) is 28.0 Å². The second-order valence-corrected chi connectivity index (χ2v) is 4.28. The number of urea groups is 1. The maximum atomic E-state index is 12.6. The van der Waals surface area contributed by atoms with Gasteiger partial charge in [-0.15, -0.1) is 0 Å². The standard InChI is InChI=1S/C12H15F4N3O/c1-7(17)8-3-2-4-9(5-8)19-11(20)18-6-12(15,16)10(13)14/h2-5,7,10H,6,17H2,1H3,(H2,18,19,20). The number of halogens is 4. The Hall–Kier alpha value is -1.83. The number of hydrogen-bond acceptors (Lipinski definition) is 2. The van der Waals surface area contributed by atoms with E-state index in [-0.39, 0.29) is 6.04 Å². The van der Waals surface area contributed by atoms with Crippen LogP contribution in [0.1, 0.15) is 18.5 Å². The number of carbonyl (C=O) groups excluding carboxylic acids is 1. The first-order chi connectivity index (χ1) is 9.22. The molecule has 0 aromatic heterocycles. The molecular formula is C12H15F4N3O. The molecule has 0 aliphatic heterocycles. The molecule has 1 aromatic rings. The molecule has 0 aliphatic rings. The van der Waals surface area contributed by atoms with Crippen LogP contribution >= 0.6 is 0 Å². The lowest BCUT2D eigenvalue weighted by Gasteiger charge is -2.16. The van der Waals surface area contributed by atoms with E-state index in [0.29, 0.717) is 5.69 Å². The Bertz CT molecular complexity index is 466. The van der Waals surface area contributed by atoms with E-state index >= 15 is 0 Å². The minimum absolute atomic E-state index is 0.261. The first-order valence-electron chi connectivity index (χ1n) is 5.79. The van der Waals surface area contributed by atoms with E-state index in [4.69, 9.17) is 5.73 Å². The number of anilines is 1. The highest BCUT2D eigenvalue weighted by Gasteiger charge is 2.40. The number of benzene rings is 1. The fraction of sp³-hybridized carbons (Fsp3) is 0.417. The summed E-state index contributed by atoms with van der Waals surface area (Å²) in [5.74, 6) is -4.26. The monoisotopic (exact) mass is 293 g/mol. The molecule has 0 radical (unpaired) electrons. The number of nitrogens with one attached hydrogen (secondary N) is 2. The second-order valence-electron chi connectivity index (χ2n) is 4.28. The van der Waals surface area contributed by atoms with Gasteiger partial charge in [0.1, 0.15) is 0 Å². The fourth-order valence-corrected chi connectivity index (χ4v) is 1.35. The quantitative estimate of drug-likeness (QED) is 0.731. The summed E-state index contributed by atoms with van der Waals surface area (Å²) in [6.07, 6.45) is -3.83. The van der Waals surface area contributed by atoms with Crippen molar-refractivity contribution in [1.82, 2.24) is 5.32 Å². The molecular weight excluding hydrogens is 278 g/mol. The van der Waals surface area contributed by atoms with Crippen molar-refractivity contribution >= 4 is 11.7 Å². The van der Waals surface area contributed by atoms with Gasteiger partial charge in [0.25, 0.3) is 0 Å². The molecule has 8 heteroatoms. The number of hydrogen-bond donors (Lipinski definition) is 3. The Morgan fingerprint density at radius 2 is 2.05 bits per heavy atom. The van der Waals surface area contributed by atoms with E-state index in [1.807, 2.05) is 0 Å². The normalized spacial score (nSPS) is 13.2. The highest BCUT2D eigenvalue weighted by molar-refractivity contribution is 5.89. The smallest absolute Gasteiger partial charge is 0.324 e. The minimum Gasteiger partial charge on any atom is -0.332 e. The van der Waals surface area contributed by atoms with Gasteiger partial charge < -0.3 is 16.4 Å².